The van der Waals surface area contributed by atoms with Gasteiger partial charge in [0, 0.05) is 0 Å². The van der Waals surface area contributed by atoms with Crippen molar-refractivity contribution >= 4 is 75.4 Å². The first-order valence-electron chi connectivity index (χ1n) is 19.7. The summed E-state index contributed by atoms with van der Waals surface area (Å²) in [7, 11) is 0. The fraction of sp³-hybridized carbons (Fsp3) is 0. The van der Waals surface area contributed by atoms with Gasteiger partial charge in [-0.2, -0.15) is 0 Å². The molecule has 0 fully saturated rings. The largest absolute Gasteiger partial charge is 0.0636 e. The maximum atomic E-state index is 9.51. The highest BCUT2D eigenvalue weighted by Gasteiger charge is 2.18. The number of rotatable bonds is 3. The van der Waals surface area contributed by atoms with E-state index in [1.165, 1.54) is 26.9 Å². The molecule has 0 saturated heterocycles. The molecule has 48 heavy (non-hydrogen) atoms. The number of hydrogen-bond acceptors (Lipinski definition) is 0. The van der Waals surface area contributed by atoms with Gasteiger partial charge >= 0.3 is 0 Å². The molecule has 0 radical (unpaired) electrons. The van der Waals surface area contributed by atoms with Crippen LogP contribution in [-0.4, -0.2) is 0 Å². The molecule has 0 bridgehead atoms. The van der Waals surface area contributed by atoms with Crippen molar-refractivity contribution in [2.24, 2.45) is 0 Å². The summed E-state index contributed by atoms with van der Waals surface area (Å²) in [6, 6.07) is 42.0. The van der Waals surface area contributed by atoms with Crippen molar-refractivity contribution in [1.29, 1.82) is 0 Å². The maximum Gasteiger partial charge on any atom is 0.0636 e. The second-order valence-corrected chi connectivity index (χ2v) is 12.7. The summed E-state index contributed by atoms with van der Waals surface area (Å²) in [4.78, 5) is 0. The Bertz CT molecular complexity index is 3430. The third kappa shape index (κ3) is 3.60. The SMILES string of the molecule is [2H]c1c([2H])c([2H])c2c([2H])c(-c3ccc(-c4ccc5ccc6cccc7ccc4c5c67)cc3-c3ccc4ccc5cccc6ccc3c4c56)c([2H])c([2H])c2c1[2H]. The topological polar surface area (TPSA) is 0 Å². The lowest BCUT2D eigenvalue weighted by Gasteiger charge is -2.19. The van der Waals surface area contributed by atoms with E-state index >= 15 is 0 Å². The first-order chi connectivity index (χ1) is 26.7. The highest BCUT2D eigenvalue weighted by molar-refractivity contribution is 6.27. The van der Waals surface area contributed by atoms with Gasteiger partial charge in [0.25, 0.3) is 0 Å². The monoisotopic (exact) mass is 611 g/mol. The van der Waals surface area contributed by atoms with E-state index in [0.29, 0.717) is 5.56 Å². The molecule has 0 aliphatic carbocycles. The standard InChI is InChI=1S/C48H28/c1-2-6-36-27-37(16-11-29(36)5-1)40-23-21-38(39-22-17-34-14-12-30-7-3-9-32-19-25-42(39)47(34)45(30)32)28-44(40)41-24-18-35-15-13-31-8-4-10-33-20-26-43(41)48(35)46(31)33/h1-28H/i1D,2D,5D,6D,11D,16D,27D. The van der Waals surface area contributed by atoms with E-state index in [0.717, 1.165) is 60.0 Å². The lowest BCUT2D eigenvalue weighted by molar-refractivity contribution is 1.60. The van der Waals surface area contributed by atoms with E-state index in [1.54, 1.807) is 0 Å². The van der Waals surface area contributed by atoms with Gasteiger partial charge in [-0.05, 0) is 121 Å². The smallest absolute Gasteiger partial charge is 0.0616 e. The molecule has 0 unspecified atom stereocenters. The molecule has 0 heterocycles. The average molecular weight is 612 g/mol. The van der Waals surface area contributed by atoms with Gasteiger partial charge in [-0.1, -0.05) is 158 Å². The average Bonchev–Trinajstić information content (AvgIpc) is 3.21. The van der Waals surface area contributed by atoms with Gasteiger partial charge in [0.15, 0.2) is 0 Å². The molecule has 0 nitrogen and oxygen atoms in total. The molecular formula is C48H28. The molecule has 11 aromatic carbocycles. The fourth-order valence-electron chi connectivity index (χ4n) is 8.03. The first kappa shape index (κ1) is 20.1. The predicted octanol–water partition coefficient (Wildman–Crippen LogP) is 13.6. The Labute approximate surface area is 287 Å². The third-order valence-corrected chi connectivity index (χ3v) is 10.2. The zero-order valence-corrected chi connectivity index (χ0v) is 25.6. The van der Waals surface area contributed by atoms with Crippen molar-refractivity contribution in [3.63, 3.8) is 0 Å². The van der Waals surface area contributed by atoms with E-state index in [4.69, 9.17) is 6.85 Å². The molecule has 0 atom stereocenters. The van der Waals surface area contributed by atoms with Crippen molar-refractivity contribution in [3.8, 4) is 33.4 Å². The van der Waals surface area contributed by atoms with Crippen LogP contribution in [0.4, 0.5) is 0 Å². The second kappa shape index (κ2) is 9.64. The minimum absolute atomic E-state index is 0.0563. The molecular weight excluding hydrogens is 577 g/mol. The summed E-state index contributed by atoms with van der Waals surface area (Å²) in [6.45, 7) is 0. The quantitative estimate of drug-likeness (QED) is 0.174. The molecule has 0 aromatic heterocycles. The fourth-order valence-corrected chi connectivity index (χ4v) is 8.03. The van der Waals surface area contributed by atoms with Crippen molar-refractivity contribution < 1.29 is 9.60 Å². The summed E-state index contributed by atoms with van der Waals surface area (Å²) in [6.07, 6.45) is 0. The van der Waals surface area contributed by atoms with Crippen molar-refractivity contribution in [1.82, 2.24) is 0 Å². The summed E-state index contributed by atoms with van der Waals surface area (Å²) >= 11 is 0. The van der Waals surface area contributed by atoms with E-state index < -0.39 is 18.1 Å². The van der Waals surface area contributed by atoms with Crippen LogP contribution >= 0.6 is 0 Å². The highest BCUT2D eigenvalue weighted by Crippen LogP contribution is 2.45. The van der Waals surface area contributed by atoms with Crippen LogP contribution in [0.15, 0.2) is 170 Å². The highest BCUT2D eigenvalue weighted by atomic mass is 14.2. The van der Waals surface area contributed by atoms with Gasteiger partial charge in [0.2, 0.25) is 0 Å². The van der Waals surface area contributed by atoms with Crippen molar-refractivity contribution in [2.75, 3.05) is 0 Å². The van der Waals surface area contributed by atoms with Crippen LogP contribution in [0.1, 0.15) is 9.60 Å². The number of fused-ring (bicyclic) bond motifs is 1. The Kier molecular flexibility index (Phi) is 4.04. The third-order valence-electron chi connectivity index (χ3n) is 10.2. The Morgan fingerprint density at radius 2 is 0.812 bits per heavy atom. The van der Waals surface area contributed by atoms with Gasteiger partial charge in [-0.25, -0.2) is 0 Å². The summed E-state index contributed by atoms with van der Waals surface area (Å²) in [5, 5.41) is 13.6. The Morgan fingerprint density at radius 3 is 1.46 bits per heavy atom. The zero-order valence-electron chi connectivity index (χ0n) is 32.6. The minimum atomic E-state index is -0.482. The van der Waals surface area contributed by atoms with E-state index in [9.17, 15) is 2.74 Å². The van der Waals surface area contributed by atoms with Crippen LogP contribution < -0.4 is 0 Å². The Hall–Kier alpha value is -6.24. The lowest BCUT2D eigenvalue weighted by atomic mass is 9.84. The van der Waals surface area contributed by atoms with Crippen LogP contribution in [0.25, 0.3) is 109 Å². The van der Waals surface area contributed by atoms with Crippen LogP contribution in [-0.2, 0) is 0 Å². The van der Waals surface area contributed by atoms with Crippen molar-refractivity contribution in [2.45, 2.75) is 0 Å². The Balaban J connectivity index is 1.27. The molecule has 0 aliphatic rings. The molecule has 220 valence electrons. The summed E-state index contributed by atoms with van der Waals surface area (Å²) < 4.78 is 62.0. The molecule has 0 heteroatoms. The minimum Gasteiger partial charge on any atom is -0.0616 e. The summed E-state index contributed by atoms with van der Waals surface area (Å²) in [5.74, 6) is 0. The molecule has 0 amide bonds. The van der Waals surface area contributed by atoms with Gasteiger partial charge in [0.05, 0.1) is 9.60 Å². The van der Waals surface area contributed by atoms with Crippen molar-refractivity contribution in [3.05, 3.63) is 170 Å². The maximum absolute atomic E-state index is 9.51. The molecule has 0 aliphatic heterocycles. The van der Waals surface area contributed by atoms with Gasteiger partial charge in [-0.3, -0.25) is 0 Å². The number of benzene rings is 11. The van der Waals surface area contributed by atoms with Crippen LogP contribution in [0, 0.1) is 0 Å². The van der Waals surface area contributed by atoms with E-state index in [1.807, 2.05) is 12.1 Å². The number of hydrogen-bond donors (Lipinski definition) is 0. The van der Waals surface area contributed by atoms with Gasteiger partial charge in [0.1, 0.15) is 0 Å². The first-order valence-corrected chi connectivity index (χ1v) is 16.2. The summed E-state index contributed by atoms with van der Waals surface area (Å²) in [5.41, 5.74) is 4.37. The zero-order chi connectivity index (χ0) is 37.4. The predicted molar refractivity (Wildman–Crippen MR) is 208 cm³/mol. The van der Waals surface area contributed by atoms with Gasteiger partial charge in [-0.15, -0.1) is 0 Å². The molecule has 0 saturated carbocycles. The molecule has 11 aromatic rings. The van der Waals surface area contributed by atoms with Crippen LogP contribution in [0.3, 0.4) is 0 Å². The normalized spacial score (nSPS) is 14.2. The van der Waals surface area contributed by atoms with Crippen LogP contribution in [0.5, 0.6) is 0 Å². The molecule has 11 rings (SSSR count). The van der Waals surface area contributed by atoms with E-state index in [-0.39, 0.29) is 40.5 Å². The van der Waals surface area contributed by atoms with Gasteiger partial charge < -0.3 is 0 Å². The Morgan fingerprint density at radius 1 is 0.312 bits per heavy atom. The molecule has 0 spiro atoms. The van der Waals surface area contributed by atoms with Crippen LogP contribution in [0.2, 0.25) is 0 Å². The van der Waals surface area contributed by atoms with E-state index in [2.05, 4.69) is 115 Å². The lowest BCUT2D eigenvalue weighted by Crippen LogP contribution is -1.92. The second-order valence-electron chi connectivity index (χ2n) is 12.7. The molecule has 0 N–H and O–H groups in total.